The quantitative estimate of drug-likeness (QED) is 0.871. The molecule has 1 unspecified atom stereocenters. The first-order valence-corrected chi connectivity index (χ1v) is 7.79. The molecule has 1 amide bonds. The van der Waals surface area contributed by atoms with Crippen molar-refractivity contribution in [3.05, 3.63) is 23.2 Å². The van der Waals surface area contributed by atoms with Crippen LogP contribution in [0.4, 0.5) is 5.13 Å². The number of nitrogens with zero attached hydrogens (tertiary/aromatic N) is 2. The van der Waals surface area contributed by atoms with Crippen molar-refractivity contribution in [1.82, 2.24) is 4.98 Å². The fraction of sp³-hybridized carbons (Fsp3) is 0.429. The van der Waals surface area contributed by atoms with Crippen LogP contribution in [0.5, 0.6) is 0 Å². The summed E-state index contributed by atoms with van der Waals surface area (Å²) in [6.45, 7) is 2.90. The summed E-state index contributed by atoms with van der Waals surface area (Å²) in [6.07, 6.45) is 2.17. The highest BCUT2D eigenvalue weighted by atomic mass is 35.5. The van der Waals surface area contributed by atoms with Crippen LogP contribution in [0.25, 0.3) is 10.2 Å². The summed E-state index contributed by atoms with van der Waals surface area (Å²) < 4.78 is 6.60. The molecule has 2 aromatic rings. The van der Waals surface area contributed by atoms with Crippen molar-refractivity contribution in [1.29, 1.82) is 0 Å². The third-order valence-corrected chi connectivity index (χ3v) is 4.73. The van der Waals surface area contributed by atoms with Crippen LogP contribution in [-0.4, -0.2) is 30.1 Å². The van der Waals surface area contributed by atoms with Crippen LogP contribution in [0, 0.1) is 0 Å². The van der Waals surface area contributed by atoms with E-state index in [2.05, 4.69) is 4.98 Å². The molecule has 1 saturated heterocycles. The lowest BCUT2D eigenvalue weighted by Crippen LogP contribution is -2.35. The van der Waals surface area contributed by atoms with Gasteiger partial charge < -0.3 is 4.74 Å². The van der Waals surface area contributed by atoms with Gasteiger partial charge in [0.15, 0.2) is 5.13 Å². The van der Waals surface area contributed by atoms with Crippen molar-refractivity contribution >= 4 is 44.2 Å². The lowest BCUT2D eigenvalue weighted by Gasteiger charge is -2.21. The molecule has 0 aliphatic carbocycles. The summed E-state index contributed by atoms with van der Waals surface area (Å²) in [5, 5.41) is 1.31. The van der Waals surface area contributed by atoms with Gasteiger partial charge in [-0.3, -0.25) is 9.69 Å². The Morgan fingerprint density at radius 3 is 3.10 bits per heavy atom. The molecule has 1 atom stereocenters. The largest absolute Gasteiger partial charge is 0.376 e. The zero-order valence-electron chi connectivity index (χ0n) is 11.1. The van der Waals surface area contributed by atoms with Gasteiger partial charge in [0.05, 0.1) is 22.4 Å². The Kier molecular flexibility index (Phi) is 3.92. The minimum absolute atomic E-state index is 0.0179. The third kappa shape index (κ3) is 2.66. The molecular formula is C14H15ClN2O2S. The fourth-order valence-corrected chi connectivity index (χ4v) is 3.67. The normalized spacial score (nSPS) is 18.6. The van der Waals surface area contributed by atoms with Crippen LogP contribution in [0.15, 0.2) is 18.2 Å². The maximum absolute atomic E-state index is 11.9. The predicted octanol–water partition coefficient (Wildman–Crippen LogP) is 3.48. The second kappa shape index (κ2) is 5.68. The average molecular weight is 311 g/mol. The number of ether oxygens (including phenoxy) is 1. The maximum atomic E-state index is 11.9. The molecule has 20 heavy (non-hydrogen) atoms. The number of halogens is 1. The van der Waals surface area contributed by atoms with Crippen LogP contribution < -0.4 is 4.90 Å². The lowest BCUT2D eigenvalue weighted by atomic mass is 10.2. The Labute approximate surface area is 126 Å². The van der Waals surface area contributed by atoms with Crippen molar-refractivity contribution < 1.29 is 9.53 Å². The van der Waals surface area contributed by atoms with E-state index in [1.165, 1.54) is 11.3 Å². The van der Waals surface area contributed by atoms with Crippen molar-refractivity contribution in [2.24, 2.45) is 0 Å². The summed E-state index contributed by atoms with van der Waals surface area (Å²) in [4.78, 5) is 18.1. The number of anilines is 1. The van der Waals surface area contributed by atoms with Crippen LogP contribution >= 0.6 is 22.9 Å². The SMILES string of the molecule is CC(=O)N(CC1CCCO1)c1nc2c(Cl)cccc2s1. The summed E-state index contributed by atoms with van der Waals surface area (Å²) in [5.41, 5.74) is 0.757. The van der Waals surface area contributed by atoms with Gasteiger partial charge in [0.25, 0.3) is 0 Å². The minimum Gasteiger partial charge on any atom is -0.376 e. The molecule has 1 aliphatic heterocycles. The van der Waals surface area contributed by atoms with E-state index in [-0.39, 0.29) is 12.0 Å². The number of hydrogen-bond donors (Lipinski definition) is 0. The number of hydrogen-bond acceptors (Lipinski definition) is 4. The number of aromatic nitrogens is 1. The smallest absolute Gasteiger partial charge is 0.225 e. The zero-order valence-corrected chi connectivity index (χ0v) is 12.7. The third-order valence-electron chi connectivity index (χ3n) is 3.38. The molecule has 3 rings (SSSR count). The fourth-order valence-electron chi connectivity index (χ4n) is 2.35. The van der Waals surface area contributed by atoms with Crippen LogP contribution in [0.2, 0.25) is 5.02 Å². The number of carbonyl (C=O) groups is 1. The Hall–Kier alpha value is -1.17. The van der Waals surface area contributed by atoms with Crippen molar-refractivity contribution in [2.75, 3.05) is 18.1 Å². The second-order valence-corrected chi connectivity index (χ2v) is 6.26. The average Bonchev–Trinajstić information content (AvgIpc) is 3.05. The first-order chi connectivity index (χ1) is 9.65. The van der Waals surface area contributed by atoms with E-state index in [4.69, 9.17) is 16.3 Å². The van der Waals surface area contributed by atoms with Gasteiger partial charge in [-0.05, 0) is 25.0 Å². The molecule has 1 aromatic carbocycles. The standard InChI is InChI=1S/C14H15ClN2O2S/c1-9(18)17(8-10-4-3-7-19-10)14-16-13-11(15)5-2-6-12(13)20-14/h2,5-6,10H,3-4,7-8H2,1H3. The van der Waals surface area contributed by atoms with Gasteiger partial charge in [-0.2, -0.15) is 0 Å². The number of thiazole rings is 1. The van der Waals surface area contributed by atoms with Gasteiger partial charge in [-0.15, -0.1) is 0 Å². The van der Waals surface area contributed by atoms with Crippen LogP contribution in [0.3, 0.4) is 0 Å². The highest BCUT2D eigenvalue weighted by molar-refractivity contribution is 7.22. The number of fused-ring (bicyclic) bond motifs is 1. The Bertz CT molecular complexity index is 637. The molecule has 0 bridgehead atoms. The van der Waals surface area contributed by atoms with E-state index in [0.29, 0.717) is 16.7 Å². The molecule has 6 heteroatoms. The van der Waals surface area contributed by atoms with Gasteiger partial charge in [0, 0.05) is 13.5 Å². The number of rotatable bonds is 3. The Morgan fingerprint density at radius 2 is 2.45 bits per heavy atom. The van der Waals surface area contributed by atoms with E-state index in [9.17, 15) is 4.79 Å². The van der Waals surface area contributed by atoms with Gasteiger partial charge in [0.1, 0.15) is 5.52 Å². The van der Waals surface area contributed by atoms with Gasteiger partial charge in [0.2, 0.25) is 5.91 Å². The molecule has 0 spiro atoms. The monoisotopic (exact) mass is 310 g/mol. The lowest BCUT2D eigenvalue weighted by molar-refractivity contribution is -0.116. The van der Waals surface area contributed by atoms with Crippen molar-refractivity contribution in [2.45, 2.75) is 25.9 Å². The number of carbonyl (C=O) groups excluding carboxylic acids is 1. The maximum Gasteiger partial charge on any atom is 0.225 e. The second-order valence-electron chi connectivity index (χ2n) is 4.85. The molecule has 0 radical (unpaired) electrons. The summed E-state index contributed by atoms with van der Waals surface area (Å²) in [5.74, 6) is -0.0179. The molecule has 0 N–H and O–H groups in total. The van der Waals surface area contributed by atoms with Crippen molar-refractivity contribution in [3.8, 4) is 0 Å². The van der Waals surface area contributed by atoms with E-state index >= 15 is 0 Å². The molecule has 1 aliphatic rings. The van der Waals surface area contributed by atoms with Crippen LogP contribution in [-0.2, 0) is 9.53 Å². The summed E-state index contributed by atoms with van der Waals surface area (Å²) >= 11 is 7.63. The summed E-state index contributed by atoms with van der Waals surface area (Å²) in [6, 6.07) is 5.67. The zero-order chi connectivity index (χ0) is 14.1. The molecular weight excluding hydrogens is 296 g/mol. The summed E-state index contributed by atoms with van der Waals surface area (Å²) in [7, 11) is 0. The number of amides is 1. The Balaban J connectivity index is 1.92. The van der Waals surface area contributed by atoms with E-state index in [1.807, 2.05) is 18.2 Å². The molecule has 106 valence electrons. The van der Waals surface area contributed by atoms with Gasteiger partial charge in [-0.25, -0.2) is 4.98 Å². The van der Waals surface area contributed by atoms with Crippen LogP contribution in [0.1, 0.15) is 19.8 Å². The van der Waals surface area contributed by atoms with E-state index < -0.39 is 0 Å². The number of para-hydroxylation sites is 1. The van der Waals surface area contributed by atoms with Gasteiger partial charge >= 0.3 is 0 Å². The highest BCUT2D eigenvalue weighted by Crippen LogP contribution is 2.33. The predicted molar refractivity (Wildman–Crippen MR) is 81.6 cm³/mol. The molecule has 0 saturated carbocycles. The first kappa shape index (κ1) is 13.8. The minimum atomic E-state index is -0.0179. The first-order valence-electron chi connectivity index (χ1n) is 6.60. The number of benzene rings is 1. The van der Waals surface area contributed by atoms with E-state index in [1.54, 1.807) is 11.8 Å². The molecule has 1 fully saturated rings. The highest BCUT2D eigenvalue weighted by Gasteiger charge is 2.24. The Morgan fingerprint density at radius 1 is 1.60 bits per heavy atom. The van der Waals surface area contributed by atoms with Crippen molar-refractivity contribution in [3.63, 3.8) is 0 Å². The van der Waals surface area contributed by atoms with Gasteiger partial charge in [-0.1, -0.05) is 29.0 Å². The van der Waals surface area contributed by atoms with E-state index in [0.717, 1.165) is 29.7 Å². The molecule has 1 aromatic heterocycles. The topological polar surface area (TPSA) is 42.4 Å². The molecule has 4 nitrogen and oxygen atoms in total. The molecule has 2 heterocycles.